The summed E-state index contributed by atoms with van der Waals surface area (Å²) in [6, 6.07) is 18.5. The Morgan fingerprint density at radius 2 is 1.75 bits per heavy atom. The molecule has 6 aliphatic heterocycles. The lowest BCUT2D eigenvalue weighted by atomic mass is 9.77. The molecule has 398 valence electrons. The molecule has 2 amide bonds. The first-order valence-electron chi connectivity index (χ1n) is 27.5. The summed E-state index contributed by atoms with van der Waals surface area (Å²) >= 11 is 0. The largest absolute Gasteiger partial charge is 0.385 e. The highest BCUT2D eigenvalue weighted by Crippen LogP contribution is 2.47. The van der Waals surface area contributed by atoms with Crippen molar-refractivity contribution in [2.24, 2.45) is 18.4 Å². The molecular formula is C58H70F2N14O2. The van der Waals surface area contributed by atoms with E-state index in [2.05, 4.69) is 77.0 Å². The van der Waals surface area contributed by atoms with E-state index in [0.717, 1.165) is 169 Å². The number of pyridine rings is 1. The van der Waals surface area contributed by atoms with Gasteiger partial charge in [0.1, 0.15) is 6.07 Å². The molecule has 76 heavy (non-hydrogen) atoms. The second-order valence-corrected chi connectivity index (χ2v) is 22.3. The number of alkyl halides is 2. The Hall–Kier alpha value is -7.00. The van der Waals surface area contributed by atoms with Gasteiger partial charge in [-0.2, -0.15) is 15.5 Å². The molecular weight excluding hydrogens is 963 g/mol. The molecule has 2 aromatic carbocycles. The molecule has 12 rings (SSSR count). The van der Waals surface area contributed by atoms with Gasteiger partial charge < -0.3 is 29.8 Å². The zero-order valence-corrected chi connectivity index (χ0v) is 44.4. The van der Waals surface area contributed by atoms with E-state index in [0.29, 0.717) is 41.4 Å². The molecule has 18 heteroatoms. The standard InChI is InChI=1S/C44H55N11O2.C14H15F2N3/c1-30-25-44(29-54(30)39-8-6-34(26-45)42-36(39)5-4-17-46-42)15-23-51(24-16-44)41-9-7-38(47-48-41)43(57)52-20-10-33(11-21-52)27-50-18-12-35(13-19-50)55-40-14-22-53(32(3)56)28-37(40)31(2)49-55;1-19-8-10(7-18-19)11-5-9-3-2-4-17-13(9)6-12(11)14(15)16/h4-9,17,30,33,35H,10-16,18-25,27-29H2,1-3H3;5-8,14,17H,2-4H2,1H3/t30-;/m0./s1. The monoisotopic (exact) mass is 1030 g/mol. The third kappa shape index (κ3) is 10.3. The van der Waals surface area contributed by atoms with Crippen LogP contribution in [-0.4, -0.2) is 133 Å². The van der Waals surface area contributed by atoms with Gasteiger partial charge in [0.2, 0.25) is 5.91 Å². The summed E-state index contributed by atoms with van der Waals surface area (Å²) in [5.41, 5.74) is 10.2. The molecule has 4 saturated heterocycles. The van der Waals surface area contributed by atoms with Crippen molar-refractivity contribution < 1.29 is 18.4 Å². The maximum atomic E-state index is 13.5. The van der Waals surface area contributed by atoms with Crippen molar-refractivity contribution in [3.8, 4) is 17.2 Å². The molecule has 0 aliphatic carbocycles. The molecule has 0 bridgehead atoms. The van der Waals surface area contributed by atoms with Gasteiger partial charge in [0.05, 0.1) is 29.0 Å². The fraction of sp³-hybridized carbons (Fsp3) is 0.517. The molecule has 0 radical (unpaired) electrons. The van der Waals surface area contributed by atoms with Crippen LogP contribution < -0.4 is 15.1 Å². The number of anilines is 3. The number of carbonyl (C=O) groups is 2. The van der Waals surface area contributed by atoms with E-state index in [1.807, 2.05) is 40.1 Å². The smallest absolute Gasteiger partial charge is 0.274 e. The molecule has 10 heterocycles. The number of carbonyl (C=O) groups excluding carboxylic acids is 2. The first-order chi connectivity index (χ1) is 36.8. The van der Waals surface area contributed by atoms with Crippen molar-refractivity contribution in [3.63, 3.8) is 0 Å². The highest BCUT2D eigenvalue weighted by atomic mass is 19.3. The van der Waals surface area contributed by atoms with Crippen LogP contribution in [0.3, 0.4) is 0 Å². The van der Waals surface area contributed by atoms with E-state index in [4.69, 9.17) is 5.10 Å². The zero-order chi connectivity index (χ0) is 52.7. The summed E-state index contributed by atoms with van der Waals surface area (Å²) < 4.78 is 30.4. The lowest BCUT2D eigenvalue weighted by molar-refractivity contribution is -0.129. The van der Waals surface area contributed by atoms with Gasteiger partial charge in [-0.25, -0.2) is 8.78 Å². The summed E-state index contributed by atoms with van der Waals surface area (Å²) in [7, 11) is 1.78. The van der Waals surface area contributed by atoms with Crippen LogP contribution in [0.5, 0.6) is 0 Å². The van der Waals surface area contributed by atoms with Gasteiger partial charge in [0.15, 0.2) is 11.5 Å². The number of aromatic nitrogens is 7. The fourth-order valence-electron chi connectivity index (χ4n) is 13.2. The van der Waals surface area contributed by atoms with Crippen LogP contribution in [0.4, 0.5) is 26.0 Å². The van der Waals surface area contributed by atoms with Crippen molar-refractivity contribution in [2.45, 2.75) is 110 Å². The topological polar surface area (TPSA) is 160 Å². The Morgan fingerprint density at radius 3 is 2.46 bits per heavy atom. The average Bonchev–Trinajstić information content (AvgIpc) is 4.17. The van der Waals surface area contributed by atoms with E-state index in [1.54, 1.807) is 43.3 Å². The second kappa shape index (κ2) is 21.6. The normalized spacial score (nSPS) is 20.1. The number of nitrogens with zero attached hydrogens (tertiary/aromatic N) is 13. The summed E-state index contributed by atoms with van der Waals surface area (Å²) in [4.78, 5) is 41.4. The summed E-state index contributed by atoms with van der Waals surface area (Å²) in [5.74, 6) is 1.57. The minimum Gasteiger partial charge on any atom is -0.385 e. The number of amides is 2. The van der Waals surface area contributed by atoms with Crippen molar-refractivity contribution in [1.82, 2.24) is 49.4 Å². The van der Waals surface area contributed by atoms with E-state index in [1.165, 1.54) is 16.9 Å². The Labute approximate surface area is 444 Å². The lowest BCUT2D eigenvalue weighted by Crippen LogP contribution is -2.44. The third-order valence-corrected chi connectivity index (χ3v) is 17.5. The predicted molar refractivity (Wildman–Crippen MR) is 289 cm³/mol. The van der Waals surface area contributed by atoms with Crippen molar-refractivity contribution in [1.29, 1.82) is 5.26 Å². The maximum Gasteiger partial charge on any atom is 0.274 e. The predicted octanol–water partition coefficient (Wildman–Crippen LogP) is 8.76. The van der Waals surface area contributed by atoms with E-state index in [9.17, 15) is 23.6 Å². The summed E-state index contributed by atoms with van der Waals surface area (Å²) in [6.07, 6.45) is 13.0. The molecule has 0 unspecified atom stereocenters. The van der Waals surface area contributed by atoms with Gasteiger partial charge in [-0.1, -0.05) is 0 Å². The Balaban J connectivity index is 0.000000272. The number of rotatable bonds is 8. The fourth-order valence-corrected chi connectivity index (χ4v) is 13.2. The van der Waals surface area contributed by atoms with Crippen molar-refractivity contribution in [3.05, 3.63) is 106 Å². The number of halogens is 2. The van der Waals surface area contributed by atoms with Crippen LogP contribution in [0.1, 0.15) is 122 Å². The Kier molecular flexibility index (Phi) is 14.5. The van der Waals surface area contributed by atoms with E-state index in [-0.39, 0.29) is 22.8 Å². The highest BCUT2D eigenvalue weighted by molar-refractivity contribution is 5.95. The molecule has 4 fully saturated rings. The molecule has 1 spiro atoms. The number of aryl methyl sites for hydroxylation is 3. The highest BCUT2D eigenvalue weighted by Gasteiger charge is 2.45. The lowest BCUT2D eigenvalue weighted by Gasteiger charge is -2.40. The molecule has 1 N–H and O–H groups in total. The first-order valence-corrected chi connectivity index (χ1v) is 27.5. The quantitative estimate of drug-likeness (QED) is 0.155. The van der Waals surface area contributed by atoms with Crippen LogP contribution >= 0.6 is 0 Å². The number of hydrogen-bond donors (Lipinski definition) is 1. The van der Waals surface area contributed by atoms with Crippen molar-refractivity contribution >= 4 is 39.9 Å². The number of benzene rings is 2. The molecule has 6 aromatic rings. The Morgan fingerprint density at radius 1 is 0.947 bits per heavy atom. The molecule has 16 nitrogen and oxygen atoms in total. The van der Waals surface area contributed by atoms with Crippen LogP contribution in [0.15, 0.2) is 67.1 Å². The second-order valence-electron chi connectivity index (χ2n) is 22.3. The van der Waals surface area contributed by atoms with Gasteiger partial charge in [-0.15, -0.1) is 10.2 Å². The summed E-state index contributed by atoms with van der Waals surface area (Å²) in [5, 5.41) is 31.9. The number of piperidine rings is 3. The van der Waals surface area contributed by atoms with Gasteiger partial charge in [0, 0.05) is 150 Å². The first kappa shape index (κ1) is 51.1. The zero-order valence-electron chi connectivity index (χ0n) is 44.4. The van der Waals surface area contributed by atoms with E-state index < -0.39 is 6.43 Å². The van der Waals surface area contributed by atoms with Gasteiger partial charge >= 0.3 is 0 Å². The van der Waals surface area contributed by atoms with Crippen LogP contribution in [0.25, 0.3) is 22.0 Å². The van der Waals surface area contributed by atoms with Crippen LogP contribution in [0, 0.1) is 29.6 Å². The average molecular weight is 1030 g/mol. The molecule has 1 atom stereocenters. The number of fused-ring (bicyclic) bond motifs is 3. The molecule has 6 aliphatic rings. The maximum absolute atomic E-state index is 13.5. The van der Waals surface area contributed by atoms with Gasteiger partial charge in [-0.05, 0) is 143 Å². The molecule has 4 aromatic heterocycles. The van der Waals surface area contributed by atoms with Crippen LogP contribution in [-0.2, 0) is 31.2 Å². The van der Waals surface area contributed by atoms with Crippen molar-refractivity contribution in [2.75, 3.05) is 80.6 Å². The third-order valence-electron chi connectivity index (χ3n) is 17.5. The SMILES string of the molecule is CC(=O)N1CCc2c(c(C)nn2C2CCN(CC3CCN(C(=O)c4ccc(N5CCC6(CC5)C[C@H](C)N(c5ccc(C#N)c7ncccc57)C6)nn4)CC3)CC2)C1.Cn1cc(-c2cc3c(cc2C(F)F)NCCC3)cn1. The summed E-state index contributed by atoms with van der Waals surface area (Å²) in [6.45, 7) is 15.9. The molecule has 0 saturated carbocycles. The number of likely N-dealkylation sites (tertiary alicyclic amines) is 2. The van der Waals surface area contributed by atoms with Gasteiger partial charge in [-0.3, -0.25) is 23.9 Å². The number of nitriles is 1. The van der Waals surface area contributed by atoms with Gasteiger partial charge in [0.25, 0.3) is 12.3 Å². The van der Waals surface area contributed by atoms with E-state index >= 15 is 0 Å². The number of hydrogen-bond acceptors (Lipinski definition) is 12. The number of nitrogens with one attached hydrogen (secondary N) is 1. The van der Waals surface area contributed by atoms with Crippen LogP contribution in [0.2, 0.25) is 0 Å². The Bertz CT molecular complexity index is 3120. The minimum absolute atomic E-state index is 0.0132. The minimum atomic E-state index is -2.48.